The number of benzene rings is 1. The normalized spacial score (nSPS) is 28.2. The van der Waals surface area contributed by atoms with Gasteiger partial charge in [0.05, 0.1) is 11.4 Å². The van der Waals surface area contributed by atoms with Crippen molar-refractivity contribution in [1.82, 2.24) is 5.32 Å². The first-order valence-corrected chi connectivity index (χ1v) is 6.80. The van der Waals surface area contributed by atoms with Crippen LogP contribution in [0.5, 0.6) is 0 Å². The third-order valence-electron chi connectivity index (χ3n) is 3.53. The van der Waals surface area contributed by atoms with Crippen molar-refractivity contribution in [3.05, 3.63) is 23.2 Å². The number of nitrogens with zero attached hydrogens (tertiary/aromatic N) is 1. The summed E-state index contributed by atoms with van der Waals surface area (Å²) in [6, 6.07) is 5.87. The summed E-state index contributed by atoms with van der Waals surface area (Å²) in [5, 5.41) is 8.45. The molecule has 0 amide bonds. The molecular formula is C13H16ClN3S. The van der Waals surface area contributed by atoms with Crippen LogP contribution in [0, 0.1) is 0 Å². The van der Waals surface area contributed by atoms with E-state index >= 15 is 0 Å². The predicted molar refractivity (Wildman–Crippen MR) is 80.4 cm³/mol. The van der Waals surface area contributed by atoms with Crippen molar-refractivity contribution in [1.29, 1.82) is 0 Å². The van der Waals surface area contributed by atoms with Crippen LogP contribution in [0.15, 0.2) is 18.2 Å². The average molecular weight is 282 g/mol. The number of hydrogen-bond donors (Lipinski definition) is 2. The quantitative estimate of drug-likeness (QED) is 0.713. The van der Waals surface area contributed by atoms with Gasteiger partial charge in [0, 0.05) is 17.0 Å². The molecule has 1 fully saturated rings. The Balaban J connectivity index is 2.10. The van der Waals surface area contributed by atoms with Gasteiger partial charge in [-0.3, -0.25) is 4.90 Å². The minimum atomic E-state index is -0.182. The molecule has 0 aliphatic carbocycles. The maximum Gasteiger partial charge on any atom is 0.175 e. The lowest BCUT2D eigenvalue weighted by molar-refractivity contribution is 0.310. The zero-order chi connectivity index (χ0) is 13.1. The third-order valence-corrected chi connectivity index (χ3v) is 4.05. The monoisotopic (exact) mass is 281 g/mol. The average Bonchev–Trinajstić information content (AvgIpc) is 2.45. The molecule has 1 unspecified atom stereocenters. The van der Waals surface area contributed by atoms with Gasteiger partial charge in [-0.2, -0.15) is 0 Å². The van der Waals surface area contributed by atoms with Crippen LogP contribution < -0.4 is 15.5 Å². The molecule has 0 radical (unpaired) electrons. The van der Waals surface area contributed by atoms with E-state index in [9.17, 15) is 0 Å². The molecular weight excluding hydrogens is 266 g/mol. The van der Waals surface area contributed by atoms with Crippen LogP contribution in [0.2, 0.25) is 5.02 Å². The predicted octanol–water partition coefficient (Wildman–Crippen LogP) is 3.34. The molecule has 0 spiro atoms. The molecule has 0 bridgehead atoms. The summed E-state index contributed by atoms with van der Waals surface area (Å²) >= 11 is 11.6. The molecule has 2 aliphatic rings. The highest BCUT2D eigenvalue weighted by atomic mass is 35.5. The van der Waals surface area contributed by atoms with Crippen LogP contribution in [-0.4, -0.2) is 16.3 Å². The Kier molecular flexibility index (Phi) is 2.35. The summed E-state index contributed by atoms with van der Waals surface area (Å²) in [4.78, 5) is 2.15. The molecule has 0 aromatic heterocycles. The molecule has 96 valence electrons. The highest BCUT2D eigenvalue weighted by Crippen LogP contribution is 2.46. The lowest BCUT2D eigenvalue weighted by atomic mass is 9.89. The fourth-order valence-corrected chi connectivity index (χ4v) is 3.87. The standard InChI is InChI=1S/C13H16ClN3S/c1-12(2)7-13(3)15-9-6-8(14)4-5-10(9)17(13)11(18)16-12/h4-6,15H,7H2,1-3H3,(H,16,18). The Hall–Kier alpha value is -1.00. The van der Waals surface area contributed by atoms with E-state index in [0.29, 0.717) is 0 Å². The molecule has 2 aliphatic heterocycles. The Labute approximate surface area is 117 Å². The van der Waals surface area contributed by atoms with Crippen LogP contribution in [0.1, 0.15) is 27.2 Å². The van der Waals surface area contributed by atoms with Crippen LogP contribution in [0.4, 0.5) is 11.4 Å². The summed E-state index contributed by atoms with van der Waals surface area (Å²) in [5.74, 6) is 0. The summed E-state index contributed by atoms with van der Waals surface area (Å²) in [6.07, 6.45) is 0.951. The van der Waals surface area contributed by atoms with Crippen molar-refractivity contribution in [3.8, 4) is 0 Å². The third kappa shape index (κ3) is 1.67. The molecule has 1 aromatic rings. The molecule has 2 heterocycles. The minimum absolute atomic E-state index is 0.0127. The second kappa shape index (κ2) is 3.52. The maximum atomic E-state index is 6.05. The molecule has 3 nitrogen and oxygen atoms in total. The number of halogens is 1. The number of anilines is 2. The number of thiocarbonyl (C=S) groups is 1. The highest BCUT2D eigenvalue weighted by Gasteiger charge is 2.49. The van der Waals surface area contributed by atoms with Gasteiger partial charge in [-0.15, -0.1) is 0 Å². The van der Waals surface area contributed by atoms with Gasteiger partial charge < -0.3 is 10.6 Å². The number of fused-ring (bicyclic) bond motifs is 3. The summed E-state index contributed by atoms with van der Waals surface area (Å²) in [5.41, 5.74) is 1.95. The van der Waals surface area contributed by atoms with Gasteiger partial charge in [-0.25, -0.2) is 0 Å². The number of nitrogens with one attached hydrogen (secondary N) is 2. The number of hydrogen-bond acceptors (Lipinski definition) is 2. The molecule has 1 atom stereocenters. The molecule has 3 rings (SSSR count). The van der Waals surface area contributed by atoms with Gasteiger partial charge in [0.25, 0.3) is 0 Å². The second-order valence-corrected chi connectivity index (χ2v) is 6.71. The molecule has 5 heteroatoms. The van der Waals surface area contributed by atoms with Crippen molar-refractivity contribution in [2.24, 2.45) is 0 Å². The van der Waals surface area contributed by atoms with E-state index in [4.69, 9.17) is 23.8 Å². The lowest BCUT2D eigenvalue weighted by Gasteiger charge is -2.48. The van der Waals surface area contributed by atoms with Crippen molar-refractivity contribution in [2.45, 2.75) is 38.4 Å². The highest BCUT2D eigenvalue weighted by molar-refractivity contribution is 7.80. The topological polar surface area (TPSA) is 27.3 Å². The van der Waals surface area contributed by atoms with E-state index in [-0.39, 0.29) is 11.2 Å². The zero-order valence-corrected chi connectivity index (χ0v) is 12.2. The van der Waals surface area contributed by atoms with Crippen LogP contribution >= 0.6 is 23.8 Å². The van der Waals surface area contributed by atoms with E-state index in [0.717, 1.165) is 27.9 Å². The first kappa shape index (κ1) is 12.1. The molecule has 2 N–H and O–H groups in total. The van der Waals surface area contributed by atoms with Gasteiger partial charge >= 0.3 is 0 Å². The van der Waals surface area contributed by atoms with Crippen LogP contribution in [0.3, 0.4) is 0 Å². The van der Waals surface area contributed by atoms with E-state index in [1.54, 1.807) is 0 Å². The fraction of sp³-hybridized carbons (Fsp3) is 0.462. The molecule has 18 heavy (non-hydrogen) atoms. The van der Waals surface area contributed by atoms with Crippen molar-refractivity contribution in [2.75, 3.05) is 10.2 Å². The van der Waals surface area contributed by atoms with Crippen molar-refractivity contribution in [3.63, 3.8) is 0 Å². The Bertz CT molecular complexity index is 543. The molecule has 0 saturated carbocycles. The van der Waals surface area contributed by atoms with Crippen molar-refractivity contribution < 1.29 is 0 Å². The SMILES string of the molecule is CC1(C)CC2(C)Nc3cc(Cl)ccc3N2C(=S)N1. The van der Waals surface area contributed by atoms with E-state index in [2.05, 4.69) is 36.3 Å². The van der Waals surface area contributed by atoms with Gasteiger partial charge in [0.15, 0.2) is 5.11 Å². The van der Waals surface area contributed by atoms with E-state index in [1.807, 2.05) is 18.2 Å². The minimum Gasteiger partial charge on any atom is -0.361 e. The van der Waals surface area contributed by atoms with Gasteiger partial charge in [0.2, 0.25) is 0 Å². The maximum absolute atomic E-state index is 6.05. The molecule has 1 aromatic carbocycles. The van der Waals surface area contributed by atoms with Gasteiger partial charge in [0.1, 0.15) is 5.66 Å². The van der Waals surface area contributed by atoms with Gasteiger partial charge in [-0.05, 0) is 51.2 Å². The smallest absolute Gasteiger partial charge is 0.175 e. The summed E-state index contributed by atoms with van der Waals surface area (Å²) in [7, 11) is 0. The second-order valence-electron chi connectivity index (χ2n) is 5.89. The Morgan fingerprint density at radius 1 is 1.28 bits per heavy atom. The first-order valence-electron chi connectivity index (χ1n) is 6.01. The van der Waals surface area contributed by atoms with Crippen LogP contribution in [-0.2, 0) is 0 Å². The first-order chi connectivity index (χ1) is 8.31. The lowest BCUT2D eigenvalue weighted by Crippen LogP contribution is -2.67. The fourth-order valence-electron chi connectivity index (χ4n) is 3.12. The summed E-state index contributed by atoms with van der Waals surface area (Å²) in [6.45, 7) is 6.51. The zero-order valence-electron chi connectivity index (χ0n) is 10.7. The van der Waals surface area contributed by atoms with Crippen LogP contribution in [0.25, 0.3) is 0 Å². The Morgan fingerprint density at radius 2 is 2.00 bits per heavy atom. The van der Waals surface area contributed by atoms with E-state index in [1.165, 1.54) is 0 Å². The molecule has 1 saturated heterocycles. The summed E-state index contributed by atoms with van der Waals surface area (Å²) < 4.78 is 0. The largest absolute Gasteiger partial charge is 0.361 e. The van der Waals surface area contributed by atoms with Crippen molar-refractivity contribution >= 4 is 40.3 Å². The van der Waals surface area contributed by atoms with E-state index < -0.39 is 0 Å². The van der Waals surface area contributed by atoms with Gasteiger partial charge in [-0.1, -0.05) is 11.6 Å². The number of rotatable bonds is 0. The Morgan fingerprint density at radius 3 is 2.72 bits per heavy atom.